The predicted octanol–water partition coefficient (Wildman–Crippen LogP) is -0.357. The van der Waals surface area contributed by atoms with Crippen LogP contribution in [0.4, 0.5) is 0 Å². The average molecular weight is 240 g/mol. The van der Waals surface area contributed by atoms with E-state index in [1.54, 1.807) is 6.92 Å². The first-order valence-corrected chi connectivity index (χ1v) is 5.14. The van der Waals surface area contributed by atoms with Crippen LogP contribution in [-0.2, 0) is 4.79 Å². The molecule has 2 N–H and O–H groups in total. The molecule has 0 radical (unpaired) electrons. The number of carboxylic acid groups (broad SMARTS) is 1. The molecule has 1 saturated heterocycles. The summed E-state index contributed by atoms with van der Waals surface area (Å²) >= 11 is 0. The zero-order valence-corrected chi connectivity index (χ0v) is 9.16. The molecule has 2 unspecified atom stereocenters. The van der Waals surface area contributed by atoms with E-state index in [2.05, 4.69) is 5.16 Å². The maximum atomic E-state index is 12.0. The monoisotopic (exact) mass is 240 g/mol. The summed E-state index contributed by atoms with van der Waals surface area (Å²) in [4.78, 5) is 24.1. The molecule has 0 aliphatic carbocycles. The van der Waals surface area contributed by atoms with Gasteiger partial charge in [-0.05, 0) is 6.92 Å². The smallest absolute Gasteiger partial charge is 0.326 e. The number of aryl methyl sites for hydroxylation is 1. The Morgan fingerprint density at radius 2 is 2.29 bits per heavy atom. The number of carboxylic acids is 1. The van der Waals surface area contributed by atoms with Crippen LogP contribution in [0.2, 0.25) is 0 Å². The van der Waals surface area contributed by atoms with Gasteiger partial charge in [-0.15, -0.1) is 0 Å². The second-order valence-corrected chi connectivity index (χ2v) is 4.00. The summed E-state index contributed by atoms with van der Waals surface area (Å²) in [5.74, 6) is -1.27. The third kappa shape index (κ3) is 2.01. The zero-order chi connectivity index (χ0) is 12.6. The van der Waals surface area contributed by atoms with Gasteiger partial charge in [-0.2, -0.15) is 0 Å². The SMILES string of the molecule is Cc1oncc1C(=O)N1CC(O)CC1C(=O)O. The first kappa shape index (κ1) is 11.6. The summed E-state index contributed by atoms with van der Waals surface area (Å²) in [5.41, 5.74) is 0.227. The van der Waals surface area contributed by atoms with E-state index in [0.29, 0.717) is 5.76 Å². The van der Waals surface area contributed by atoms with Gasteiger partial charge < -0.3 is 19.6 Å². The summed E-state index contributed by atoms with van der Waals surface area (Å²) < 4.78 is 4.76. The molecule has 7 nitrogen and oxygen atoms in total. The standard InChI is InChI=1S/C10H12N2O5/c1-5-7(3-11-17-5)9(14)12-4-6(13)2-8(12)10(15)16/h3,6,8,13H,2,4H2,1H3,(H,15,16). The molecular weight excluding hydrogens is 228 g/mol. The summed E-state index contributed by atoms with van der Waals surface area (Å²) in [6.45, 7) is 1.59. The number of carbonyl (C=O) groups excluding carboxylic acids is 1. The van der Waals surface area contributed by atoms with E-state index in [0.717, 1.165) is 4.90 Å². The van der Waals surface area contributed by atoms with Crippen molar-refractivity contribution in [3.05, 3.63) is 17.5 Å². The Balaban J connectivity index is 2.25. The fraction of sp³-hybridized carbons (Fsp3) is 0.500. The molecule has 0 saturated carbocycles. The van der Waals surface area contributed by atoms with Crippen LogP contribution in [0.5, 0.6) is 0 Å². The number of aliphatic hydroxyl groups is 1. The van der Waals surface area contributed by atoms with Crippen LogP contribution in [0, 0.1) is 6.92 Å². The van der Waals surface area contributed by atoms with E-state index in [1.165, 1.54) is 6.20 Å². The van der Waals surface area contributed by atoms with Gasteiger partial charge in [0.1, 0.15) is 17.4 Å². The van der Waals surface area contributed by atoms with Gasteiger partial charge in [-0.3, -0.25) is 4.79 Å². The fourth-order valence-electron chi connectivity index (χ4n) is 1.93. The minimum absolute atomic E-state index is 0.0143. The van der Waals surface area contributed by atoms with Crippen LogP contribution in [-0.4, -0.2) is 50.8 Å². The molecule has 1 aromatic rings. The van der Waals surface area contributed by atoms with Crippen molar-refractivity contribution in [2.24, 2.45) is 0 Å². The number of aromatic nitrogens is 1. The first-order valence-electron chi connectivity index (χ1n) is 5.14. The lowest BCUT2D eigenvalue weighted by Crippen LogP contribution is -2.40. The number of aliphatic carboxylic acids is 1. The number of nitrogens with zero attached hydrogens (tertiary/aromatic N) is 2. The van der Waals surface area contributed by atoms with Crippen LogP contribution in [0.1, 0.15) is 22.5 Å². The Labute approximate surface area is 96.6 Å². The molecule has 2 heterocycles. The van der Waals surface area contributed by atoms with Crippen molar-refractivity contribution in [2.45, 2.75) is 25.5 Å². The third-order valence-corrected chi connectivity index (χ3v) is 2.81. The van der Waals surface area contributed by atoms with Gasteiger partial charge in [-0.1, -0.05) is 5.16 Å². The van der Waals surface area contributed by atoms with Crippen LogP contribution < -0.4 is 0 Å². The molecular formula is C10H12N2O5. The summed E-state index contributed by atoms with van der Waals surface area (Å²) in [6.07, 6.45) is 0.493. The van der Waals surface area contributed by atoms with Crippen LogP contribution >= 0.6 is 0 Å². The van der Waals surface area contributed by atoms with Crippen molar-refractivity contribution in [1.29, 1.82) is 0 Å². The molecule has 1 fully saturated rings. The number of likely N-dealkylation sites (tertiary alicyclic amines) is 1. The zero-order valence-electron chi connectivity index (χ0n) is 9.16. The van der Waals surface area contributed by atoms with Crippen LogP contribution in [0.3, 0.4) is 0 Å². The average Bonchev–Trinajstić information content (AvgIpc) is 2.83. The normalized spacial score (nSPS) is 24.0. The quantitative estimate of drug-likeness (QED) is 0.731. The number of rotatable bonds is 2. The van der Waals surface area contributed by atoms with Crippen molar-refractivity contribution in [1.82, 2.24) is 10.1 Å². The lowest BCUT2D eigenvalue weighted by molar-refractivity contribution is -0.141. The molecule has 92 valence electrons. The molecule has 2 atom stereocenters. The highest BCUT2D eigenvalue weighted by molar-refractivity contribution is 5.97. The number of hydrogen-bond donors (Lipinski definition) is 2. The molecule has 1 aliphatic heterocycles. The minimum atomic E-state index is -1.12. The topological polar surface area (TPSA) is 104 Å². The number of carbonyl (C=O) groups is 2. The highest BCUT2D eigenvalue weighted by atomic mass is 16.5. The summed E-state index contributed by atoms with van der Waals surface area (Å²) in [7, 11) is 0. The van der Waals surface area contributed by atoms with Gasteiger partial charge in [0.25, 0.3) is 5.91 Å². The van der Waals surface area contributed by atoms with Gasteiger partial charge in [0, 0.05) is 13.0 Å². The van der Waals surface area contributed by atoms with Crippen LogP contribution in [0.25, 0.3) is 0 Å². The summed E-state index contributed by atoms with van der Waals surface area (Å²) in [5, 5.41) is 21.9. The van der Waals surface area contributed by atoms with E-state index >= 15 is 0 Å². The third-order valence-electron chi connectivity index (χ3n) is 2.81. The molecule has 17 heavy (non-hydrogen) atoms. The Kier molecular flexibility index (Phi) is 2.84. The molecule has 1 amide bonds. The molecule has 1 aliphatic rings. The van der Waals surface area contributed by atoms with E-state index in [1.807, 2.05) is 0 Å². The highest BCUT2D eigenvalue weighted by Gasteiger charge is 2.40. The van der Waals surface area contributed by atoms with Gasteiger partial charge >= 0.3 is 5.97 Å². The predicted molar refractivity (Wildman–Crippen MR) is 54.3 cm³/mol. The number of β-amino-alcohol motifs (C(OH)–C–C–N with tert-alkyl or cyclic N) is 1. The Bertz CT molecular complexity index is 455. The van der Waals surface area contributed by atoms with Crippen LogP contribution in [0.15, 0.2) is 10.7 Å². The van der Waals surface area contributed by atoms with Crippen molar-refractivity contribution in [3.8, 4) is 0 Å². The Morgan fingerprint density at radius 1 is 1.59 bits per heavy atom. The maximum absolute atomic E-state index is 12.0. The molecule has 0 bridgehead atoms. The maximum Gasteiger partial charge on any atom is 0.326 e. The summed E-state index contributed by atoms with van der Waals surface area (Å²) in [6, 6.07) is -0.994. The number of aliphatic hydroxyl groups excluding tert-OH is 1. The van der Waals surface area contributed by atoms with Gasteiger partial charge in [0.2, 0.25) is 0 Å². The fourth-order valence-corrected chi connectivity index (χ4v) is 1.93. The Hall–Kier alpha value is -1.89. The van der Waals surface area contributed by atoms with E-state index < -0.39 is 24.0 Å². The number of amides is 1. The van der Waals surface area contributed by atoms with Crippen molar-refractivity contribution < 1.29 is 24.3 Å². The largest absolute Gasteiger partial charge is 0.480 e. The number of hydrogen-bond acceptors (Lipinski definition) is 5. The van der Waals surface area contributed by atoms with Gasteiger partial charge in [0.05, 0.1) is 12.3 Å². The van der Waals surface area contributed by atoms with Gasteiger partial charge in [0.15, 0.2) is 0 Å². The second-order valence-electron chi connectivity index (χ2n) is 4.00. The van der Waals surface area contributed by atoms with Gasteiger partial charge in [-0.25, -0.2) is 4.79 Å². The van der Waals surface area contributed by atoms with E-state index in [4.69, 9.17) is 9.63 Å². The van der Waals surface area contributed by atoms with Crippen molar-refractivity contribution >= 4 is 11.9 Å². The van der Waals surface area contributed by atoms with E-state index in [9.17, 15) is 14.7 Å². The lowest BCUT2D eigenvalue weighted by atomic mass is 10.2. The highest BCUT2D eigenvalue weighted by Crippen LogP contribution is 2.22. The molecule has 2 rings (SSSR count). The first-order chi connectivity index (χ1) is 8.00. The molecule has 0 aromatic carbocycles. The van der Waals surface area contributed by atoms with Crippen molar-refractivity contribution in [2.75, 3.05) is 6.54 Å². The molecule has 7 heteroatoms. The van der Waals surface area contributed by atoms with Crippen molar-refractivity contribution in [3.63, 3.8) is 0 Å². The second kappa shape index (κ2) is 4.17. The van der Waals surface area contributed by atoms with E-state index in [-0.39, 0.29) is 18.5 Å². The molecule has 0 spiro atoms. The molecule has 1 aromatic heterocycles. The minimum Gasteiger partial charge on any atom is -0.480 e. The lowest BCUT2D eigenvalue weighted by Gasteiger charge is -2.20. The Morgan fingerprint density at radius 3 is 2.82 bits per heavy atom.